The highest BCUT2D eigenvalue weighted by Gasteiger charge is 2.41. The molecular weight excluding hydrogens is 394 g/mol. The van der Waals surface area contributed by atoms with E-state index >= 15 is 0 Å². The van der Waals surface area contributed by atoms with Gasteiger partial charge < -0.3 is 0 Å². The Morgan fingerprint density at radius 3 is 1.88 bits per heavy atom. The number of sulfonamides is 1. The summed E-state index contributed by atoms with van der Waals surface area (Å²) in [5, 5.41) is 0.596. The molecule has 2 aromatic carbocycles. The number of sulfone groups is 1. The zero-order chi connectivity index (χ0) is 19.1. The van der Waals surface area contributed by atoms with Crippen molar-refractivity contribution in [1.29, 1.82) is 0 Å². The average Bonchev–Trinajstić information content (AvgIpc) is 3.39. The van der Waals surface area contributed by atoms with Crippen LogP contribution < -0.4 is 0 Å². The van der Waals surface area contributed by atoms with Gasteiger partial charge >= 0.3 is 0 Å². The van der Waals surface area contributed by atoms with E-state index < -0.39 is 19.9 Å². The SMILES string of the molecule is C[C@@H](c1ccc(Cl)cc1)N(C1CC1)S(=O)(=O)c1ccc(S(C)(=O)=O)cc1. The van der Waals surface area contributed by atoms with Crippen LogP contribution in [0, 0.1) is 0 Å². The smallest absolute Gasteiger partial charge is 0.224 e. The Morgan fingerprint density at radius 2 is 1.42 bits per heavy atom. The van der Waals surface area contributed by atoms with Crippen LogP contribution in [0.15, 0.2) is 58.3 Å². The van der Waals surface area contributed by atoms with Crippen LogP contribution in [0.1, 0.15) is 31.4 Å². The van der Waals surface area contributed by atoms with E-state index in [-0.39, 0.29) is 21.9 Å². The average molecular weight is 414 g/mol. The zero-order valence-corrected chi connectivity index (χ0v) is 16.9. The second kappa shape index (κ2) is 6.96. The lowest BCUT2D eigenvalue weighted by Gasteiger charge is -2.29. The fraction of sp³-hybridized carbons (Fsp3) is 0.333. The summed E-state index contributed by atoms with van der Waals surface area (Å²) >= 11 is 5.93. The molecular formula is C18H20ClNO4S2. The van der Waals surface area contributed by atoms with Gasteiger partial charge in [0.05, 0.1) is 9.79 Å². The molecule has 5 nitrogen and oxygen atoms in total. The highest BCUT2D eigenvalue weighted by Crippen LogP contribution is 2.39. The summed E-state index contributed by atoms with van der Waals surface area (Å²) in [5.74, 6) is 0. The van der Waals surface area contributed by atoms with Crippen molar-refractivity contribution >= 4 is 31.5 Å². The first-order chi connectivity index (χ1) is 12.1. The first-order valence-corrected chi connectivity index (χ1v) is 11.9. The van der Waals surface area contributed by atoms with Crippen molar-refractivity contribution in [2.45, 2.75) is 41.6 Å². The highest BCUT2D eigenvalue weighted by atomic mass is 35.5. The molecule has 1 saturated carbocycles. The molecule has 0 saturated heterocycles. The van der Waals surface area contributed by atoms with E-state index in [1.807, 2.05) is 19.1 Å². The molecule has 0 radical (unpaired) electrons. The van der Waals surface area contributed by atoms with Crippen molar-refractivity contribution in [3.8, 4) is 0 Å². The van der Waals surface area contributed by atoms with E-state index in [2.05, 4.69) is 0 Å². The Labute approximate surface area is 159 Å². The van der Waals surface area contributed by atoms with E-state index in [0.29, 0.717) is 5.02 Å². The Kier molecular flexibility index (Phi) is 5.18. The minimum Gasteiger partial charge on any atom is -0.224 e. The monoisotopic (exact) mass is 413 g/mol. The third kappa shape index (κ3) is 3.96. The molecule has 3 rings (SSSR count). The van der Waals surface area contributed by atoms with Crippen LogP contribution in [0.2, 0.25) is 5.02 Å². The molecule has 0 aliphatic heterocycles. The molecule has 0 spiro atoms. The van der Waals surface area contributed by atoms with Crippen LogP contribution in [0.3, 0.4) is 0 Å². The lowest BCUT2D eigenvalue weighted by molar-refractivity contribution is 0.334. The molecule has 0 unspecified atom stereocenters. The molecule has 1 atom stereocenters. The van der Waals surface area contributed by atoms with Gasteiger partial charge in [-0.3, -0.25) is 0 Å². The highest BCUT2D eigenvalue weighted by molar-refractivity contribution is 7.90. The van der Waals surface area contributed by atoms with Crippen LogP contribution in [-0.2, 0) is 19.9 Å². The van der Waals surface area contributed by atoms with E-state index in [0.717, 1.165) is 24.7 Å². The van der Waals surface area contributed by atoms with Gasteiger partial charge in [-0.2, -0.15) is 4.31 Å². The van der Waals surface area contributed by atoms with Crippen LogP contribution in [0.4, 0.5) is 0 Å². The lowest BCUT2D eigenvalue weighted by atomic mass is 10.1. The van der Waals surface area contributed by atoms with Gasteiger partial charge in [-0.1, -0.05) is 23.7 Å². The van der Waals surface area contributed by atoms with Crippen molar-refractivity contribution in [1.82, 2.24) is 4.31 Å². The summed E-state index contributed by atoms with van der Waals surface area (Å²) in [6.45, 7) is 1.85. The van der Waals surface area contributed by atoms with Crippen LogP contribution in [-0.4, -0.2) is 33.4 Å². The zero-order valence-electron chi connectivity index (χ0n) is 14.5. The van der Waals surface area contributed by atoms with Crippen LogP contribution in [0.5, 0.6) is 0 Å². The molecule has 1 aliphatic rings. The van der Waals surface area contributed by atoms with Crippen molar-refractivity contribution in [2.24, 2.45) is 0 Å². The largest absolute Gasteiger partial charge is 0.243 e. The standard InChI is InChI=1S/C18H20ClNO4S2/c1-13(14-3-5-15(19)6-4-14)20(16-7-8-16)26(23,24)18-11-9-17(10-12-18)25(2,21)22/h3-6,9-13,16H,7-8H2,1-2H3/t13-/m0/s1. The Balaban J connectivity index is 1.97. The number of benzene rings is 2. The van der Waals surface area contributed by atoms with Crippen molar-refractivity contribution in [2.75, 3.05) is 6.26 Å². The molecule has 1 fully saturated rings. The topological polar surface area (TPSA) is 71.5 Å². The Hall–Kier alpha value is -1.41. The summed E-state index contributed by atoms with van der Waals surface area (Å²) in [7, 11) is -7.13. The molecule has 0 aromatic heterocycles. The molecule has 2 aromatic rings. The van der Waals surface area contributed by atoms with E-state index in [4.69, 9.17) is 11.6 Å². The van der Waals surface area contributed by atoms with Gasteiger partial charge in [0.15, 0.2) is 9.84 Å². The van der Waals surface area contributed by atoms with Gasteiger partial charge in [0.25, 0.3) is 0 Å². The fourth-order valence-corrected chi connectivity index (χ4v) is 5.54. The molecule has 0 amide bonds. The predicted molar refractivity (Wildman–Crippen MR) is 101 cm³/mol. The predicted octanol–water partition coefficient (Wildman–Crippen LogP) is 3.66. The summed E-state index contributed by atoms with van der Waals surface area (Å²) < 4.78 is 51.1. The van der Waals surface area contributed by atoms with Crippen LogP contribution >= 0.6 is 11.6 Å². The van der Waals surface area contributed by atoms with Gasteiger partial charge in [-0.15, -0.1) is 0 Å². The van der Waals surface area contributed by atoms with E-state index in [1.54, 1.807) is 12.1 Å². The second-order valence-corrected chi connectivity index (χ2v) is 10.8. The molecule has 0 heterocycles. The summed E-state index contributed by atoms with van der Waals surface area (Å²) in [6, 6.07) is 12.1. The maximum atomic E-state index is 13.2. The maximum Gasteiger partial charge on any atom is 0.243 e. The normalized spacial score (nSPS) is 16.6. The quantitative estimate of drug-likeness (QED) is 0.724. The minimum absolute atomic E-state index is 0.0414. The number of halogens is 1. The van der Waals surface area contributed by atoms with Gasteiger partial charge in [0.1, 0.15) is 0 Å². The Morgan fingerprint density at radius 1 is 0.923 bits per heavy atom. The summed E-state index contributed by atoms with van der Waals surface area (Å²) in [4.78, 5) is 0.192. The number of nitrogens with zero attached hydrogens (tertiary/aromatic N) is 1. The van der Waals surface area contributed by atoms with Crippen molar-refractivity contribution in [3.63, 3.8) is 0 Å². The molecule has 0 bridgehead atoms. The second-order valence-electron chi connectivity index (χ2n) is 6.54. The Bertz CT molecular complexity index is 996. The minimum atomic E-state index is -3.75. The molecule has 8 heteroatoms. The van der Waals surface area contributed by atoms with Gasteiger partial charge in [0.2, 0.25) is 10.0 Å². The van der Waals surface area contributed by atoms with Crippen molar-refractivity contribution < 1.29 is 16.8 Å². The molecule has 0 N–H and O–H groups in total. The third-order valence-corrected chi connectivity index (χ3v) is 7.89. The molecule has 140 valence electrons. The van der Waals surface area contributed by atoms with Crippen molar-refractivity contribution in [3.05, 3.63) is 59.1 Å². The summed E-state index contributed by atoms with van der Waals surface area (Å²) in [5.41, 5.74) is 0.859. The van der Waals surface area contributed by atoms with Crippen LogP contribution in [0.25, 0.3) is 0 Å². The van der Waals surface area contributed by atoms with Gasteiger partial charge in [0, 0.05) is 23.4 Å². The lowest BCUT2D eigenvalue weighted by Crippen LogP contribution is -2.35. The number of rotatable bonds is 6. The summed E-state index contributed by atoms with van der Waals surface area (Å²) in [6.07, 6.45) is 2.73. The van der Waals surface area contributed by atoms with E-state index in [1.165, 1.54) is 28.6 Å². The first kappa shape index (κ1) is 19.4. The van der Waals surface area contributed by atoms with E-state index in [9.17, 15) is 16.8 Å². The van der Waals surface area contributed by atoms with Gasteiger partial charge in [-0.05, 0) is 61.7 Å². The molecule has 1 aliphatic carbocycles. The fourth-order valence-electron chi connectivity index (χ4n) is 2.92. The maximum absolute atomic E-state index is 13.2. The third-order valence-electron chi connectivity index (χ3n) is 4.47. The molecule has 26 heavy (non-hydrogen) atoms. The van der Waals surface area contributed by atoms with Gasteiger partial charge in [-0.25, -0.2) is 16.8 Å². The number of hydrogen-bond donors (Lipinski definition) is 0. The first-order valence-electron chi connectivity index (χ1n) is 8.20. The number of hydrogen-bond acceptors (Lipinski definition) is 4.